The number of benzene rings is 3. The maximum absolute atomic E-state index is 13.7. The average molecular weight is 461 g/mol. The van der Waals surface area contributed by atoms with Crippen molar-refractivity contribution in [2.75, 3.05) is 0 Å². The van der Waals surface area contributed by atoms with Crippen LogP contribution in [0, 0.1) is 6.92 Å². The highest BCUT2D eigenvalue weighted by Crippen LogP contribution is 2.38. The standard InChI is InChI=1S/C24H16ClF3O4/c1-14-2-8-17(9-3-14)31-22-21(29)19-11-10-18(12-20(19)32-23(22)24(26,27)28)30-13-15-4-6-16(25)7-5-15/h2-12H,13H2,1H3. The van der Waals surface area contributed by atoms with Crippen molar-refractivity contribution in [3.8, 4) is 17.2 Å². The lowest BCUT2D eigenvalue weighted by atomic mass is 10.2. The SMILES string of the molecule is Cc1ccc(Oc2c(C(F)(F)F)oc3cc(OCc4ccc(Cl)cc4)ccc3c2=O)cc1. The minimum atomic E-state index is -4.94. The van der Waals surface area contributed by atoms with Crippen molar-refractivity contribution in [2.45, 2.75) is 19.7 Å². The monoisotopic (exact) mass is 460 g/mol. The molecule has 8 heteroatoms. The van der Waals surface area contributed by atoms with E-state index in [1.54, 1.807) is 36.4 Å². The van der Waals surface area contributed by atoms with Crippen molar-refractivity contribution in [2.24, 2.45) is 0 Å². The van der Waals surface area contributed by atoms with Gasteiger partial charge in [0.1, 0.15) is 23.7 Å². The lowest BCUT2D eigenvalue weighted by Crippen LogP contribution is -2.15. The second-order valence-corrected chi connectivity index (χ2v) is 7.51. The van der Waals surface area contributed by atoms with E-state index >= 15 is 0 Å². The van der Waals surface area contributed by atoms with Gasteiger partial charge in [0.25, 0.3) is 5.76 Å². The van der Waals surface area contributed by atoms with Crippen LogP contribution in [0.3, 0.4) is 0 Å². The van der Waals surface area contributed by atoms with E-state index in [0.717, 1.165) is 11.1 Å². The lowest BCUT2D eigenvalue weighted by Gasteiger charge is -2.14. The highest BCUT2D eigenvalue weighted by atomic mass is 35.5. The molecule has 3 aromatic carbocycles. The second kappa shape index (κ2) is 8.59. The van der Waals surface area contributed by atoms with Gasteiger partial charge in [0, 0.05) is 11.1 Å². The molecule has 0 radical (unpaired) electrons. The van der Waals surface area contributed by atoms with Crippen molar-refractivity contribution in [3.63, 3.8) is 0 Å². The third-order valence-electron chi connectivity index (χ3n) is 4.64. The molecule has 0 saturated carbocycles. The quantitative estimate of drug-likeness (QED) is 0.317. The molecule has 0 saturated heterocycles. The van der Waals surface area contributed by atoms with Gasteiger partial charge in [-0.1, -0.05) is 41.4 Å². The molecule has 0 bridgehead atoms. The van der Waals surface area contributed by atoms with Crippen LogP contribution < -0.4 is 14.9 Å². The summed E-state index contributed by atoms with van der Waals surface area (Å²) in [4.78, 5) is 12.9. The minimum absolute atomic E-state index is 0.0565. The highest BCUT2D eigenvalue weighted by molar-refractivity contribution is 6.30. The van der Waals surface area contributed by atoms with Gasteiger partial charge in [-0.2, -0.15) is 13.2 Å². The van der Waals surface area contributed by atoms with E-state index < -0.39 is 23.1 Å². The average Bonchev–Trinajstić information content (AvgIpc) is 2.75. The molecule has 4 aromatic rings. The molecule has 0 amide bonds. The van der Waals surface area contributed by atoms with E-state index in [4.69, 9.17) is 25.5 Å². The number of aryl methyl sites for hydroxylation is 1. The predicted molar refractivity (Wildman–Crippen MR) is 115 cm³/mol. The largest absolute Gasteiger partial charge is 0.489 e. The van der Waals surface area contributed by atoms with Crippen LogP contribution in [0.5, 0.6) is 17.2 Å². The van der Waals surface area contributed by atoms with Crippen molar-refractivity contribution in [3.05, 3.63) is 98.9 Å². The van der Waals surface area contributed by atoms with E-state index in [9.17, 15) is 18.0 Å². The molecular weight excluding hydrogens is 445 g/mol. The molecular formula is C24H16ClF3O4. The first-order valence-corrected chi connectivity index (χ1v) is 9.88. The van der Waals surface area contributed by atoms with E-state index in [0.29, 0.717) is 5.02 Å². The molecule has 0 aliphatic heterocycles. The zero-order chi connectivity index (χ0) is 22.9. The lowest BCUT2D eigenvalue weighted by molar-refractivity contribution is -0.154. The molecule has 0 aliphatic rings. The molecule has 0 aliphatic carbocycles. The summed E-state index contributed by atoms with van der Waals surface area (Å²) >= 11 is 5.85. The summed E-state index contributed by atoms with van der Waals surface area (Å²) in [5.41, 5.74) is 0.523. The van der Waals surface area contributed by atoms with Gasteiger partial charge in [-0.25, -0.2) is 0 Å². The minimum Gasteiger partial charge on any atom is -0.489 e. The topological polar surface area (TPSA) is 48.7 Å². The van der Waals surface area contributed by atoms with Crippen LogP contribution in [0.15, 0.2) is 75.9 Å². The molecule has 0 fully saturated rings. The Bertz CT molecular complexity index is 1310. The van der Waals surface area contributed by atoms with Crippen LogP contribution in [0.25, 0.3) is 11.0 Å². The summed E-state index contributed by atoms with van der Waals surface area (Å²) in [5.74, 6) is -2.08. The van der Waals surface area contributed by atoms with Gasteiger partial charge < -0.3 is 13.9 Å². The first-order valence-electron chi connectivity index (χ1n) is 9.50. The Labute approximate surface area is 185 Å². The Morgan fingerprint density at radius 2 is 1.59 bits per heavy atom. The Morgan fingerprint density at radius 3 is 2.25 bits per heavy atom. The van der Waals surface area contributed by atoms with Gasteiger partial charge in [-0.05, 0) is 48.9 Å². The fourth-order valence-corrected chi connectivity index (χ4v) is 3.12. The summed E-state index contributed by atoms with van der Waals surface area (Å²) in [7, 11) is 0. The fraction of sp³-hybridized carbons (Fsp3) is 0.125. The van der Waals surface area contributed by atoms with E-state index in [2.05, 4.69) is 0 Å². The first-order chi connectivity index (χ1) is 15.2. The zero-order valence-corrected chi connectivity index (χ0v) is 17.5. The molecule has 1 heterocycles. The Kier molecular flexibility index (Phi) is 5.84. The molecule has 0 spiro atoms. The van der Waals surface area contributed by atoms with Crippen molar-refractivity contribution in [1.29, 1.82) is 0 Å². The predicted octanol–water partition coefficient (Wildman–Crippen LogP) is 7.14. The van der Waals surface area contributed by atoms with Gasteiger partial charge >= 0.3 is 6.18 Å². The molecule has 0 N–H and O–H groups in total. The maximum atomic E-state index is 13.7. The number of hydrogen-bond acceptors (Lipinski definition) is 4. The van der Waals surface area contributed by atoms with Crippen molar-refractivity contribution in [1.82, 2.24) is 0 Å². The first kappa shape index (κ1) is 21.8. The summed E-state index contributed by atoms with van der Waals surface area (Å²) in [6.07, 6.45) is -4.94. The maximum Gasteiger partial charge on any atom is 0.453 e. The molecule has 32 heavy (non-hydrogen) atoms. The van der Waals surface area contributed by atoms with Gasteiger partial charge in [0.05, 0.1) is 5.39 Å². The summed E-state index contributed by atoms with van der Waals surface area (Å²) in [6, 6.07) is 17.3. The number of hydrogen-bond donors (Lipinski definition) is 0. The van der Waals surface area contributed by atoms with Gasteiger partial charge in [0.15, 0.2) is 0 Å². The summed E-state index contributed by atoms with van der Waals surface area (Å²) in [6.45, 7) is 1.98. The Balaban J connectivity index is 1.71. The molecule has 0 unspecified atom stereocenters. The van der Waals surface area contributed by atoms with Gasteiger partial charge in [-0.15, -0.1) is 0 Å². The molecule has 1 aromatic heterocycles. The molecule has 164 valence electrons. The number of rotatable bonds is 5. The number of alkyl halides is 3. The van der Waals surface area contributed by atoms with E-state index in [1.807, 2.05) is 6.92 Å². The molecule has 4 rings (SSSR count). The Hall–Kier alpha value is -3.45. The van der Waals surface area contributed by atoms with Gasteiger partial charge in [0.2, 0.25) is 11.2 Å². The third kappa shape index (κ3) is 4.73. The molecule has 4 nitrogen and oxygen atoms in total. The normalized spacial score (nSPS) is 11.5. The van der Waals surface area contributed by atoms with E-state index in [-0.39, 0.29) is 29.1 Å². The van der Waals surface area contributed by atoms with Crippen LogP contribution >= 0.6 is 11.6 Å². The van der Waals surface area contributed by atoms with Gasteiger partial charge in [-0.3, -0.25) is 4.79 Å². The second-order valence-electron chi connectivity index (χ2n) is 7.08. The summed E-state index contributed by atoms with van der Waals surface area (Å²) in [5, 5.41) is 0.517. The number of ether oxygens (including phenoxy) is 2. The zero-order valence-electron chi connectivity index (χ0n) is 16.7. The van der Waals surface area contributed by atoms with E-state index in [1.165, 1.54) is 30.3 Å². The van der Waals surface area contributed by atoms with Crippen molar-refractivity contribution < 1.29 is 27.1 Å². The van der Waals surface area contributed by atoms with Crippen LogP contribution in [-0.2, 0) is 12.8 Å². The highest BCUT2D eigenvalue weighted by Gasteiger charge is 2.40. The number of halogens is 4. The van der Waals surface area contributed by atoms with Crippen LogP contribution in [0.1, 0.15) is 16.9 Å². The van der Waals surface area contributed by atoms with Crippen LogP contribution in [-0.4, -0.2) is 0 Å². The van der Waals surface area contributed by atoms with Crippen molar-refractivity contribution >= 4 is 22.6 Å². The summed E-state index contributed by atoms with van der Waals surface area (Å²) < 4.78 is 57.0. The van der Waals surface area contributed by atoms with Crippen LogP contribution in [0.2, 0.25) is 5.02 Å². The Morgan fingerprint density at radius 1 is 0.938 bits per heavy atom. The smallest absolute Gasteiger partial charge is 0.453 e. The number of fused-ring (bicyclic) bond motifs is 1. The third-order valence-corrected chi connectivity index (χ3v) is 4.89. The molecule has 0 atom stereocenters. The van der Waals surface area contributed by atoms with Crippen LogP contribution in [0.4, 0.5) is 13.2 Å². The fourth-order valence-electron chi connectivity index (χ4n) is 3.00.